The van der Waals surface area contributed by atoms with E-state index in [9.17, 15) is 9.59 Å². The maximum absolute atomic E-state index is 13.9. The number of fused-ring (bicyclic) bond motifs is 5. The lowest BCUT2D eigenvalue weighted by Crippen LogP contribution is -2.36. The molecular weight excluding hydrogens is 480 g/mol. The van der Waals surface area contributed by atoms with Crippen LogP contribution in [0, 0.1) is 10.8 Å². The van der Waals surface area contributed by atoms with Crippen LogP contribution in [-0.4, -0.2) is 39.8 Å². The number of rotatable bonds is 5. The molecule has 5 rings (SSSR count). The minimum Gasteiger partial charge on any atom is -0.493 e. The normalized spacial score (nSPS) is 25.1. The highest BCUT2D eigenvalue weighted by atomic mass is 16.5. The van der Waals surface area contributed by atoms with E-state index in [2.05, 4.69) is 31.0 Å². The molecule has 204 valence electrons. The molecule has 0 radical (unpaired) electrons. The van der Waals surface area contributed by atoms with Gasteiger partial charge in [0.15, 0.2) is 11.5 Å². The van der Waals surface area contributed by atoms with Crippen molar-refractivity contribution in [3.8, 4) is 28.4 Å². The summed E-state index contributed by atoms with van der Waals surface area (Å²) in [7, 11) is 4.82. The summed E-state index contributed by atoms with van der Waals surface area (Å²) >= 11 is 0. The molecule has 2 fully saturated rings. The molecule has 0 aromatic heterocycles. The largest absolute Gasteiger partial charge is 0.493 e. The van der Waals surface area contributed by atoms with Crippen molar-refractivity contribution in [1.29, 1.82) is 0 Å². The molecule has 1 amide bonds. The number of anilines is 1. The van der Waals surface area contributed by atoms with Crippen molar-refractivity contribution in [2.75, 3.05) is 32.8 Å². The van der Waals surface area contributed by atoms with Gasteiger partial charge in [-0.3, -0.25) is 9.59 Å². The van der Waals surface area contributed by atoms with Gasteiger partial charge in [-0.2, -0.15) is 0 Å². The Morgan fingerprint density at radius 2 is 1.76 bits per heavy atom. The van der Waals surface area contributed by atoms with Gasteiger partial charge in [-0.05, 0) is 77.8 Å². The number of amides is 1. The highest BCUT2D eigenvalue weighted by Gasteiger charge is 2.50. The minimum atomic E-state index is -0.307. The van der Waals surface area contributed by atoms with Crippen LogP contribution in [0.3, 0.4) is 0 Å². The summed E-state index contributed by atoms with van der Waals surface area (Å²) in [5.74, 6) is 1.54. The third-order valence-electron chi connectivity index (χ3n) is 8.62. The summed E-state index contributed by atoms with van der Waals surface area (Å²) in [6.07, 6.45) is 4.67. The van der Waals surface area contributed by atoms with E-state index in [0.717, 1.165) is 53.7 Å². The van der Waals surface area contributed by atoms with E-state index in [1.54, 1.807) is 27.4 Å². The first-order chi connectivity index (χ1) is 18.0. The number of carbonyl (C=O) groups excluding carboxylic acids is 1. The molecule has 1 saturated carbocycles. The van der Waals surface area contributed by atoms with E-state index < -0.39 is 0 Å². The second kappa shape index (κ2) is 9.51. The first-order valence-electron chi connectivity index (χ1n) is 13.5. The monoisotopic (exact) mass is 520 g/mol. The van der Waals surface area contributed by atoms with E-state index in [-0.39, 0.29) is 28.2 Å². The molecule has 3 aliphatic rings. The molecule has 1 aliphatic heterocycles. The number of benzene rings is 1. The van der Waals surface area contributed by atoms with Crippen LogP contribution >= 0.6 is 0 Å². The molecule has 2 aromatic carbocycles. The van der Waals surface area contributed by atoms with Gasteiger partial charge in [-0.1, -0.05) is 26.8 Å². The molecule has 2 aromatic rings. The van der Waals surface area contributed by atoms with E-state index in [4.69, 9.17) is 14.2 Å². The summed E-state index contributed by atoms with van der Waals surface area (Å²) < 4.78 is 17.2. The van der Waals surface area contributed by atoms with Gasteiger partial charge in [0.05, 0.1) is 33.1 Å². The van der Waals surface area contributed by atoms with E-state index in [1.165, 1.54) is 6.92 Å². The number of methoxy groups -OCH3 is 3. The number of nitrogens with one attached hydrogen (secondary N) is 1. The minimum absolute atomic E-state index is 0.0153. The lowest BCUT2D eigenvalue weighted by atomic mass is 9.65. The Balaban J connectivity index is 1.73. The fourth-order valence-electron chi connectivity index (χ4n) is 7.68. The molecule has 7 heteroatoms. The summed E-state index contributed by atoms with van der Waals surface area (Å²) in [4.78, 5) is 28.5. The Labute approximate surface area is 225 Å². The molecule has 0 unspecified atom stereocenters. The molecule has 1 heterocycles. The third kappa shape index (κ3) is 4.50. The van der Waals surface area contributed by atoms with Crippen LogP contribution in [0.2, 0.25) is 0 Å². The highest BCUT2D eigenvalue weighted by molar-refractivity contribution is 5.84. The zero-order valence-corrected chi connectivity index (χ0v) is 23.7. The van der Waals surface area contributed by atoms with Crippen LogP contribution in [0.15, 0.2) is 29.1 Å². The predicted octanol–water partition coefficient (Wildman–Crippen LogP) is 5.27. The topological polar surface area (TPSA) is 77.1 Å². The van der Waals surface area contributed by atoms with Crippen LogP contribution in [0.25, 0.3) is 11.1 Å². The van der Waals surface area contributed by atoms with E-state index in [0.29, 0.717) is 36.1 Å². The van der Waals surface area contributed by atoms with Crippen molar-refractivity contribution in [1.82, 2.24) is 5.32 Å². The molecular formula is C31H40N2O5. The first-order valence-corrected chi connectivity index (χ1v) is 13.5. The van der Waals surface area contributed by atoms with Gasteiger partial charge >= 0.3 is 0 Å². The van der Waals surface area contributed by atoms with Crippen molar-refractivity contribution in [2.24, 2.45) is 10.8 Å². The Kier molecular flexibility index (Phi) is 6.60. The van der Waals surface area contributed by atoms with Gasteiger partial charge in [0.2, 0.25) is 17.1 Å². The lowest BCUT2D eigenvalue weighted by molar-refractivity contribution is -0.119. The SMILES string of the molecule is COc1cc2c(c(OC)c1OC)-c1ccc(N3C[C@@]4(C)C[C@H]3CC(C)(C)C4)c(=O)cc1[C@@H](NC(C)=O)CC2. The van der Waals surface area contributed by atoms with Gasteiger partial charge in [-0.15, -0.1) is 0 Å². The van der Waals surface area contributed by atoms with Crippen molar-refractivity contribution >= 4 is 11.6 Å². The van der Waals surface area contributed by atoms with Crippen LogP contribution in [0.1, 0.15) is 70.5 Å². The van der Waals surface area contributed by atoms with Crippen molar-refractivity contribution in [3.05, 3.63) is 45.6 Å². The van der Waals surface area contributed by atoms with Gasteiger partial charge in [0.25, 0.3) is 0 Å². The van der Waals surface area contributed by atoms with Crippen LogP contribution < -0.4 is 29.9 Å². The standard InChI is InChI=1S/C31H40N2O5/c1-18(34)32-23-10-8-19-12-26(36-5)28(37-6)29(38-7)27(19)21-9-11-24(25(35)13-22(21)23)33-17-31(4)15-20(33)14-30(2,3)16-31/h9,11-13,20,23H,8,10,14-17H2,1-7H3,(H,32,34)/t20-,23+,31+/m1/s1. The maximum Gasteiger partial charge on any atom is 0.217 e. The Bertz CT molecular complexity index is 1340. The third-order valence-corrected chi connectivity index (χ3v) is 8.62. The Hall–Kier alpha value is -3.22. The number of hydrogen-bond acceptors (Lipinski definition) is 6. The van der Waals surface area contributed by atoms with Crippen LogP contribution in [0.4, 0.5) is 5.69 Å². The van der Waals surface area contributed by atoms with E-state index in [1.807, 2.05) is 18.2 Å². The lowest BCUT2D eigenvalue weighted by Gasteiger charge is -2.39. The number of ether oxygens (including phenoxy) is 3. The van der Waals surface area contributed by atoms with Gasteiger partial charge < -0.3 is 24.4 Å². The number of hydrogen-bond donors (Lipinski definition) is 1. The average molecular weight is 521 g/mol. The molecule has 2 aliphatic carbocycles. The Morgan fingerprint density at radius 3 is 2.42 bits per heavy atom. The molecule has 2 bridgehead atoms. The number of carbonyl (C=O) groups is 1. The zero-order chi connectivity index (χ0) is 27.4. The molecule has 7 nitrogen and oxygen atoms in total. The molecule has 38 heavy (non-hydrogen) atoms. The molecule has 1 saturated heterocycles. The number of nitrogens with zero attached hydrogens (tertiary/aromatic N) is 1. The predicted molar refractivity (Wildman–Crippen MR) is 150 cm³/mol. The molecule has 0 spiro atoms. The molecule has 3 atom stereocenters. The fourth-order valence-corrected chi connectivity index (χ4v) is 7.68. The molecule has 1 N–H and O–H groups in total. The van der Waals surface area contributed by atoms with Crippen LogP contribution in [-0.2, 0) is 11.2 Å². The van der Waals surface area contributed by atoms with Gasteiger partial charge in [-0.25, -0.2) is 0 Å². The van der Waals surface area contributed by atoms with Gasteiger partial charge in [0, 0.05) is 25.1 Å². The average Bonchev–Trinajstić information content (AvgIpc) is 2.94. The Morgan fingerprint density at radius 1 is 1.03 bits per heavy atom. The van der Waals surface area contributed by atoms with Crippen molar-refractivity contribution in [2.45, 2.75) is 71.9 Å². The summed E-state index contributed by atoms with van der Waals surface area (Å²) in [6.45, 7) is 9.44. The first kappa shape index (κ1) is 26.4. The summed E-state index contributed by atoms with van der Waals surface area (Å²) in [5, 5.41) is 3.10. The van der Waals surface area contributed by atoms with Gasteiger partial charge in [0.1, 0.15) is 0 Å². The zero-order valence-electron chi connectivity index (χ0n) is 23.7. The second-order valence-corrected chi connectivity index (χ2v) is 12.4. The quantitative estimate of drug-likeness (QED) is 0.579. The summed E-state index contributed by atoms with van der Waals surface area (Å²) in [6, 6.07) is 7.78. The van der Waals surface area contributed by atoms with Crippen molar-refractivity contribution < 1.29 is 19.0 Å². The number of aryl methyl sites for hydroxylation is 1. The summed E-state index contributed by atoms with van der Waals surface area (Å²) in [5.41, 5.74) is 4.74. The van der Waals surface area contributed by atoms with Crippen LogP contribution in [0.5, 0.6) is 17.2 Å². The maximum atomic E-state index is 13.9. The highest BCUT2D eigenvalue weighted by Crippen LogP contribution is 2.54. The van der Waals surface area contributed by atoms with Crippen molar-refractivity contribution in [3.63, 3.8) is 0 Å². The second-order valence-electron chi connectivity index (χ2n) is 12.4. The van der Waals surface area contributed by atoms with E-state index >= 15 is 0 Å². The smallest absolute Gasteiger partial charge is 0.217 e. The fraction of sp³-hybridized carbons (Fsp3) is 0.548.